The van der Waals surface area contributed by atoms with Crippen LogP contribution >= 0.6 is 0 Å². The van der Waals surface area contributed by atoms with Crippen LogP contribution in [-0.2, 0) is 6.42 Å². The number of rotatable bonds is 3. The number of aryl methyl sites for hydroxylation is 1. The molecule has 0 bridgehead atoms. The standard InChI is InChI=1S/C17H22N2O2/c1-12-4-2-6-15-16(12)10-13(18-17(15)21)7-9-19-8-3-5-14(20)11-19/h2,4,6,10,14,20H,3,5,7-9,11H2,1H3,(H,18,21). The van der Waals surface area contributed by atoms with Crippen LogP contribution in [0.3, 0.4) is 0 Å². The van der Waals surface area contributed by atoms with Gasteiger partial charge >= 0.3 is 0 Å². The number of hydrogen-bond acceptors (Lipinski definition) is 3. The second-order valence-corrected chi connectivity index (χ2v) is 6.01. The lowest BCUT2D eigenvalue weighted by atomic mass is 10.0. The number of nitrogens with zero attached hydrogens (tertiary/aromatic N) is 1. The number of benzene rings is 1. The van der Waals surface area contributed by atoms with Crippen molar-refractivity contribution >= 4 is 10.8 Å². The van der Waals surface area contributed by atoms with Crippen molar-refractivity contribution < 1.29 is 5.11 Å². The lowest BCUT2D eigenvalue weighted by molar-refractivity contribution is 0.0712. The molecule has 0 saturated carbocycles. The normalized spacial score (nSPS) is 20.0. The first-order chi connectivity index (χ1) is 10.1. The minimum Gasteiger partial charge on any atom is -0.392 e. The van der Waals surface area contributed by atoms with Crippen molar-refractivity contribution in [2.24, 2.45) is 0 Å². The summed E-state index contributed by atoms with van der Waals surface area (Å²) in [7, 11) is 0. The summed E-state index contributed by atoms with van der Waals surface area (Å²) in [4.78, 5) is 17.4. The van der Waals surface area contributed by atoms with E-state index in [1.54, 1.807) is 0 Å². The second kappa shape index (κ2) is 6.00. The molecule has 0 aliphatic carbocycles. The Bertz CT molecular complexity index is 693. The van der Waals surface area contributed by atoms with Gasteiger partial charge in [-0.1, -0.05) is 12.1 Å². The molecule has 1 aromatic carbocycles. The van der Waals surface area contributed by atoms with E-state index in [4.69, 9.17) is 0 Å². The summed E-state index contributed by atoms with van der Waals surface area (Å²) < 4.78 is 0. The zero-order valence-electron chi connectivity index (χ0n) is 12.4. The molecule has 1 aromatic heterocycles. The molecule has 2 aromatic rings. The number of aromatic amines is 1. The van der Waals surface area contributed by atoms with Crippen LogP contribution in [0.2, 0.25) is 0 Å². The van der Waals surface area contributed by atoms with Gasteiger partial charge in [0.25, 0.3) is 5.56 Å². The molecule has 1 saturated heterocycles. The van der Waals surface area contributed by atoms with Crippen molar-refractivity contribution in [2.75, 3.05) is 19.6 Å². The Morgan fingerprint density at radius 1 is 1.38 bits per heavy atom. The van der Waals surface area contributed by atoms with Crippen LogP contribution in [0.4, 0.5) is 0 Å². The van der Waals surface area contributed by atoms with E-state index < -0.39 is 0 Å². The van der Waals surface area contributed by atoms with E-state index in [9.17, 15) is 9.90 Å². The van der Waals surface area contributed by atoms with E-state index in [-0.39, 0.29) is 11.7 Å². The highest BCUT2D eigenvalue weighted by molar-refractivity contribution is 5.84. The lowest BCUT2D eigenvalue weighted by Crippen LogP contribution is -2.39. The van der Waals surface area contributed by atoms with Gasteiger partial charge < -0.3 is 15.0 Å². The van der Waals surface area contributed by atoms with E-state index >= 15 is 0 Å². The summed E-state index contributed by atoms with van der Waals surface area (Å²) in [6.45, 7) is 4.70. The summed E-state index contributed by atoms with van der Waals surface area (Å²) in [6, 6.07) is 7.91. The van der Waals surface area contributed by atoms with Crippen LogP contribution in [-0.4, -0.2) is 40.7 Å². The van der Waals surface area contributed by atoms with Gasteiger partial charge in [0.05, 0.1) is 6.10 Å². The Kier molecular flexibility index (Phi) is 4.08. The fraction of sp³-hybridized carbons (Fsp3) is 0.471. The molecular formula is C17H22N2O2. The Balaban J connectivity index is 1.78. The molecule has 1 fully saturated rings. The molecule has 4 nitrogen and oxygen atoms in total. The van der Waals surface area contributed by atoms with E-state index in [2.05, 4.69) is 16.0 Å². The molecule has 2 N–H and O–H groups in total. The highest BCUT2D eigenvalue weighted by Gasteiger charge is 2.17. The number of β-amino-alcohol motifs (C(OH)–C–C–N with tert-alkyl or cyclic N) is 1. The molecule has 0 amide bonds. The van der Waals surface area contributed by atoms with Crippen molar-refractivity contribution in [3.63, 3.8) is 0 Å². The fourth-order valence-corrected chi connectivity index (χ4v) is 3.14. The van der Waals surface area contributed by atoms with Crippen molar-refractivity contribution in [1.29, 1.82) is 0 Å². The van der Waals surface area contributed by atoms with Gasteiger partial charge in [-0.25, -0.2) is 0 Å². The third kappa shape index (κ3) is 3.17. The zero-order chi connectivity index (χ0) is 14.8. The number of fused-ring (bicyclic) bond motifs is 1. The van der Waals surface area contributed by atoms with Crippen molar-refractivity contribution in [3.8, 4) is 0 Å². The predicted octanol–water partition coefficient (Wildman–Crippen LogP) is 1.84. The SMILES string of the molecule is Cc1cccc2c(=O)[nH]c(CCN3CCCC(O)C3)cc12. The lowest BCUT2D eigenvalue weighted by Gasteiger charge is -2.29. The van der Waals surface area contributed by atoms with Gasteiger partial charge in [0.15, 0.2) is 0 Å². The summed E-state index contributed by atoms with van der Waals surface area (Å²) in [6.07, 6.45) is 2.57. The molecule has 1 atom stereocenters. The number of aliphatic hydroxyl groups excluding tert-OH is 1. The van der Waals surface area contributed by atoms with Gasteiger partial charge in [-0.15, -0.1) is 0 Å². The van der Waals surface area contributed by atoms with Gasteiger partial charge in [0, 0.05) is 30.6 Å². The van der Waals surface area contributed by atoms with Crippen LogP contribution in [0.5, 0.6) is 0 Å². The number of aliphatic hydroxyl groups is 1. The van der Waals surface area contributed by atoms with Gasteiger partial charge in [-0.2, -0.15) is 0 Å². The minimum absolute atomic E-state index is 0.00937. The monoisotopic (exact) mass is 286 g/mol. The topological polar surface area (TPSA) is 56.3 Å². The van der Waals surface area contributed by atoms with Crippen molar-refractivity contribution in [1.82, 2.24) is 9.88 Å². The summed E-state index contributed by atoms with van der Waals surface area (Å²) >= 11 is 0. The highest BCUT2D eigenvalue weighted by Crippen LogP contribution is 2.16. The Hall–Kier alpha value is -1.65. The Labute approximate surface area is 124 Å². The number of likely N-dealkylation sites (tertiary alicyclic amines) is 1. The first kappa shape index (κ1) is 14.3. The minimum atomic E-state index is -0.198. The molecule has 3 rings (SSSR count). The average molecular weight is 286 g/mol. The average Bonchev–Trinajstić information content (AvgIpc) is 2.46. The molecule has 112 valence electrons. The van der Waals surface area contributed by atoms with E-state index in [0.717, 1.165) is 60.9 Å². The van der Waals surface area contributed by atoms with Crippen LogP contribution in [0.15, 0.2) is 29.1 Å². The van der Waals surface area contributed by atoms with E-state index in [1.807, 2.05) is 25.1 Å². The highest BCUT2D eigenvalue weighted by atomic mass is 16.3. The maximum Gasteiger partial charge on any atom is 0.256 e. The predicted molar refractivity (Wildman–Crippen MR) is 84.7 cm³/mol. The fourth-order valence-electron chi connectivity index (χ4n) is 3.14. The molecule has 2 heterocycles. The van der Waals surface area contributed by atoms with Gasteiger partial charge in [0.1, 0.15) is 0 Å². The van der Waals surface area contributed by atoms with Gasteiger partial charge in [-0.3, -0.25) is 4.79 Å². The summed E-state index contributed by atoms with van der Waals surface area (Å²) in [5.41, 5.74) is 2.10. The molecule has 4 heteroatoms. The van der Waals surface area contributed by atoms with Gasteiger partial charge in [0.2, 0.25) is 0 Å². The maximum absolute atomic E-state index is 12.1. The number of hydrogen-bond donors (Lipinski definition) is 2. The zero-order valence-corrected chi connectivity index (χ0v) is 12.4. The quantitative estimate of drug-likeness (QED) is 0.905. The number of pyridine rings is 1. The van der Waals surface area contributed by atoms with Gasteiger partial charge in [-0.05, 0) is 49.4 Å². The first-order valence-electron chi connectivity index (χ1n) is 7.65. The summed E-state index contributed by atoms with van der Waals surface area (Å²) in [5.74, 6) is 0. The molecule has 0 spiro atoms. The Morgan fingerprint density at radius 3 is 3.05 bits per heavy atom. The van der Waals surface area contributed by atoms with E-state index in [0.29, 0.717) is 0 Å². The first-order valence-corrected chi connectivity index (χ1v) is 7.65. The second-order valence-electron chi connectivity index (χ2n) is 6.01. The molecule has 1 aliphatic heterocycles. The summed E-state index contributed by atoms with van der Waals surface area (Å²) in [5, 5.41) is 11.5. The van der Waals surface area contributed by atoms with Crippen molar-refractivity contribution in [3.05, 3.63) is 45.9 Å². The third-order valence-corrected chi connectivity index (χ3v) is 4.34. The molecule has 1 aliphatic rings. The van der Waals surface area contributed by atoms with Crippen LogP contribution in [0.1, 0.15) is 24.1 Å². The van der Waals surface area contributed by atoms with Crippen LogP contribution < -0.4 is 5.56 Å². The number of nitrogens with one attached hydrogen (secondary N) is 1. The molecule has 21 heavy (non-hydrogen) atoms. The number of piperidine rings is 1. The molecular weight excluding hydrogens is 264 g/mol. The molecule has 0 radical (unpaired) electrons. The van der Waals surface area contributed by atoms with Crippen LogP contribution in [0.25, 0.3) is 10.8 Å². The third-order valence-electron chi connectivity index (χ3n) is 4.34. The Morgan fingerprint density at radius 2 is 2.24 bits per heavy atom. The van der Waals surface area contributed by atoms with E-state index in [1.165, 1.54) is 0 Å². The largest absolute Gasteiger partial charge is 0.392 e. The molecule has 1 unspecified atom stereocenters. The van der Waals surface area contributed by atoms with Crippen LogP contribution in [0, 0.1) is 6.92 Å². The van der Waals surface area contributed by atoms with Crippen molar-refractivity contribution in [2.45, 2.75) is 32.3 Å². The number of H-pyrrole nitrogens is 1. The smallest absolute Gasteiger partial charge is 0.256 e. The maximum atomic E-state index is 12.1. The number of aromatic nitrogens is 1.